The second-order valence-corrected chi connectivity index (χ2v) is 9.67. The summed E-state index contributed by atoms with van der Waals surface area (Å²) in [7, 11) is 0. The lowest BCUT2D eigenvalue weighted by Crippen LogP contribution is -2.47. The van der Waals surface area contributed by atoms with Gasteiger partial charge < -0.3 is 14.4 Å². The van der Waals surface area contributed by atoms with Crippen molar-refractivity contribution in [3.05, 3.63) is 102 Å². The number of carbonyl (C=O) groups is 1. The molecule has 0 radical (unpaired) electrons. The molecule has 0 N–H and O–H groups in total. The lowest BCUT2D eigenvalue weighted by atomic mass is 10.1. The van der Waals surface area contributed by atoms with E-state index in [0.717, 1.165) is 71.1 Å². The maximum atomic E-state index is 11.6. The van der Waals surface area contributed by atoms with Crippen LogP contribution in [0.2, 0.25) is 5.02 Å². The maximum absolute atomic E-state index is 11.6. The molecule has 0 unspecified atom stereocenters. The fourth-order valence-electron chi connectivity index (χ4n) is 5.03. The molecule has 3 heterocycles. The minimum absolute atomic E-state index is 0.0862. The topological polar surface area (TPSA) is 54.3 Å². The molecule has 0 saturated carbocycles. The molecule has 0 atom stereocenters. The van der Waals surface area contributed by atoms with Gasteiger partial charge in [0.2, 0.25) is 0 Å². The van der Waals surface area contributed by atoms with E-state index in [0.29, 0.717) is 5.02 Å². The molecule has 1 aliphatic heterocycles. The van der Waals surface area contributed by atoms with E-state index in [-0.39, 0.29) is 5.78 Å². The van der Waals surface area contributed by atoms with Gasteiger partial charge in [0.1, 0.15) is 12.1 Å². The van der Waals surface area contributed by atoms with E-state index < -0.39 is 0 Å². The van der Waals surface area contributed by atoms with Gasteiger partial charge in [0, 0.05) is 59.9 Å². The molecule has 1 saturated heterocycles. The third-order valence-corrected chi connectivity index (χ3v) is 7.19. The quantitative estimate of drug-likeness (QED) is 0.262. The Bertz CT molecular complexity index is 1570. The molecular formula is C30H26ClN5O. The van der Waals surface area contributed by atoms with Crippen molar-refractivity contribution < 1.29 is 4.79 Å². The second-order valence-electron chi connectivity index (χ2n) is 9.23. The Labute approximate surface area is 220 Å². The highest BCUT2D eigenvalue weighted by molar-refractivity contribution is 6.30. The molecule has 0 amide bonds. The first-order chi connectivity index (χ1) is 18.1. The average molecular weight is 508 g/mol. The van der Waals surface area contributed by atoms with E-state index in [4.69, 9.17) is 21.6 Å². The number of ketones is 1. The van der Waals surface area contributed by atoms with Crippen LogP contribution in [0.4, 0.5) is 11.5 Å². The van der Waals surface area contributed by atoms with E-state index >= 15 is 0 Å². The van der Waals surface area contributed by atoms with Gasteiger partial charge in [-0.05, 0) is 55.0 Å². The highest BCUT2D eigenvalue weighted by Crippen LogP contribution is 2.37. The number of anilines is 2. The van der Waals surface area contributed by atoms with Crippen LogP contribution < -0.4 is 9.80 Å². The number of fused-ring (bicyclic) bond motifs is 1. The molecule has 7 heteroatoms. The summed E-state index contributed by atoms with van der Waals surface area (Å²) < 4.78 is 2.10. The first-order valence-corrected chi connectivity index (χ1v) is 12.7. The molecule has 6 rings (SSSR count). The van der Waals surface area contributed by atoms with Crippen LogP contribution in [-0.4, -0.2) is 46.5 Å². The van der Waals surface area contributed by atoms with Crippen LogP contribution in [0.1, 0.15) is 17.3 Å². The molecule has 5 aromatic rings. The summed E-state index contributed by atoms with van der Waals surface area (Å²) in [6.45, 7) is 4.98. The zero-order valence-corrected chi connectivity index (χ0v) is 21.3. The molecule has 0 bridgehead atoms. The Morgan fingerprint density at radius 2 is 1.54 bits per heavy atom. The molecule has 3 aromatic carbocycles. The summed E-state index contributed by atoms with van der Waals surface area (Å²) in [4.78, 5) is 25.8. The van der Waals surface area contributed by atoms with Crippen LogP contribution in [-0.2, 0) is 0 Å². The monoisotopic (exact) mass is 507 g/mol. The van der Waals surface area contributed by atoms with Gasteiger partial charge in [-0.1, -0.05) is 48.0 Å². The predicted molar refractivity (Wildman–Crippen MR) is 150 cm³/mol. The Balaban J connectivity index is 1.37. The van der Waals surface area contributed by atoms with Crippen LogP contribution in [0.3, 0.4) is 0 Å². The van der Waals surface area contributed by atoms with Gasteiger partial charge in [-0.25, -0.2) is 9.97 Å². The van der Waals surface area contributed by atoms with Crippen molar-refractivity contribution in [1.82, 2.24) is 14.5 Å². The molecule has 0 aliphatic carbocycles. The van der Waals surface area contributed by atoms with Crippen LogP contribution in [0.25, 0.3) is 27.8 Å². The predicted octanol–water partition coefficient (Wildman–Crippen LogP) is 6.27. The van der Waals surface area contributed by atoms with Crippen LogP contribution in [0.15, 0.2) is 91.4 Å². The van der Waals surface area contributed by atoms with Crippen molar-refractivity contribution in [3.63, 3.8) is 0 Å². The Hall–Kier alpha value is -4.16. The number of aromatic nitrogens is 3. The number of piperazine rings is 1. The van der Waals surface area contributed by atoms with Crippen molar-refractivity contribution in [2.45, 2.75) is 6.92 Å². The van der Waals surface area contributed by atoms with Crippen LogP contribution in [0.5, 0.6) is 0 Å². The third-order valence-electron chi connectivity index (χ3n) is 6.95. The fraction of sp³-hybridized carbons (Fsp3) is 0.167. The zero-order valence-electron chi connectivity index (χ0n) is 20.5. The average Bonchev–Trinajstić information content (AvgIpc) is 3.34. The van der Waals surface area contributed by atoms with E-state index in [9.17, 15) is 4.79 Å². The highest BCUT2D eigenvalue weighted by atomic mass is 35.5. The van der Waals surface area contributed by atoms with E-state index in [2.05, 4.69) is 44.8 Å². The Morgan fingerprint density at radius 3 is 2.24 bits per heavy atom. The summed E-state index contributed by atoms with van der Waals surface area (Å²) in [5.41, 5.74) is 5.90. The van der Waals surface area contributed by atoms with Gasteiger partial charge in [0.25, 0.3) is 0 Å². The standard InChI is InChI=1S/C30H26ClN5O/c1-21(37)22-10-12-25(13-11-22)34-14-16-35(17-15-34)29-28-27(23-6-3-2-4-7-23)19-36(30(28)33-20-32-29)26-9-5-8-24(31)18-26/h2-13,18-20H,14-17H2,1H3. The van der Waals surface area contributed by atoms with Crippen molar-refractivity contribution in [2.24, 2.45) is 0 Å². The van der Waals surface area contributed by atoms with Crippen LogP contribution >= 0.6 is 11.6 Å². The number of carbonyl (C=O) groups excluding carboxylic acids is 1. The minimum atomic E-state index is 0.0862. The summed E-state index contributed by atoms with van der Waals surface area (Å²) in [6.07, 6.45) is 3.79. The van der Waals surface area contributed by atoms with Gasteiger partial charge in [-0.15, -0.1) is 0 Å². The number of benzene rings is 3. The molecule has 0 spiro atoms. The number of hydrogen-bond donors (Lipinski definition) is 0. The van der Waals surface area contributed by atoms with Gasteiger partial charge in [0.15, 0.2) is 11.4 Å². The largest absolute Gasteiger partial charge is 0.368 e. The first-order valence-electron chi connectivity index (χ1n) is 12.4. The lowest BCUT2D eigenvalue weighted by molar-refractivity contribution is 0.101. The number of Topliss-reactive ketones (excluding diaryl/α,β-unsaturated/α-hetero) is 1. The molecule has 2 aromatic heterocycles. The summed E-state index contributed by atoms with van der Waals surface area (Å²) in [5.74, 6) is 1.03. The van der Waals surface area contributed by atoms with Crippen molar-refractivity contribution in [1.29, 1.82) is 0 Å². The number of nitrogens with zero attached hydrogens (tertiary/aromatic N) is 5. The molecule has 184 valence electrons. The molecule has 6 nitrogen and oxygen atoms in total. The Kier molecular flexibility index (Phi) is 6.10. The number of halogens is 1. The molecule has 37 heavy (non-hydrogen) atoms. The number of rotatable bonds is 5. The van der Waals surface area contributed by atoms with Gasteiger partial charge in [-0.3, -0.25) is 4.79 Å². The van der Waals surface area contributed by atoms with Crippen molar-refractivity contribution in [3.8, 4) is 16.8 Å². The smallest absolute Gasteiger partial charge is 0.159 e. The van der Waals surface area contributed by atoms with Crippen LogP contribution in [0, 0.1) is 0 Å². The molecule has 1 aliphatic rings. The summed E-state index contributed by atoms with van der Waals surface area (Å²) >= 11 is 6.34. The SMILES string of the molecule is CC(=O)c1ccc(N2CCN(c3ncnc4c3c(-c3ccccc3)cn4-c3cccc(Cl)c3)CC2)cc1. The summed E-state index contributed by atoms with van der Waals surface area (Å²) in [5, 5.41) is 1.72. The third kappa shape index (κ3) is 4.45. The van der Waals surface area contributed by atoms with E-state index in [1.54, 1.807) is 13.3 Å². The van der Waals surface area contributed by atoms with Crippen molar-refractivity contribution in [2.75, 3.05) is 36.0 Å². The Morgan fingerprint density at radius 1 is 0.811 bits per heavy atom. The zero-order chi connectivity index (χ0) is 25.4. The van der Waals surface area contributed by atoms with Crippen molar-refractivity contribution >= 4 is 39.9 Å². The lowest BCUT2D eigenvalue weighted by Gasteiger charge is -2.37. The highest BCUT2D eigenvalue weighted by Gasteiger charge is 2.24. The van der Waals surface area contributed by atoms with E-state index in [1.807, 2.05) is 54.6 Å². The van der Waals surface area contributed by atoms with Gasteiger partial charge >= 0.3 is 0 Å². The second kappa shape index (κ2) is 9.71. The minimum Gasteiger partial charge on any atom is -0.368 e. The van der Waals surface area contributed by atoms with Gasteiger partial charge in [-0.2, -0.15) is 0 Å². The van der Waals surface area contributed by atoms with Gasteiger partial charge in [0.05, 0.1) is 5.39 Å². The van der Waals surface area contributed by atoms with E-state index in [1.165, 1.54) is 0 Å². The normalized spacial score (nSPS) is 13.8. The maximum Gasteiger partial charge on any atom is 0.159 e. The first kappa shape index (κ1) is 23.3. The molecule has 1 fully saturated rings. The summed E-state index contributed by atoms with van der Waals surface area (Å²) in [6, 6.07) is 26.1. The molecular weight excluding hydrogens is 482 g/mol. The number of hydrogen-bond acceptors (Lipinski definition) is 5. The fourth-order valence-corrected chi connectivity index (χ4v) is 5.21.